The van der Waals surface area contributed by atoms with Crippen molar-refractivity contribution in [2.75, 3.05) is 0 Å². The van der Waals surface area contributed by atoms with E-state index in [2.05, 4.69) is 15.4 Å². The molecule has 0 saturated heterocycles. The lowest BCUT2D eigenvalue weighted by atomic mass is 9.87. The van der Waals surface area contributed by atoms with Crippen molar-refractivity contribution in [3.63, 3.8) is 0 Å². The lowest BCUT2D eigenvalue weighted by Gasteiger charge is -2.28. The first-order chi connectivity index (χ1) is 8.21. The van der Waals surface area contributed by atoms with Crippen molar-refractivity contribution in [1.29, 1.82) is 0 Å². The van der Waals surface area contributed by atoms with E-state index in [0.29, 0.717) is 6.42 Å². The van der Waals surface area contributed by atoms with E-state index in [4.69, 9.17) is 5.73 Å². The summed E-state index contributed by atoms with van der Waals surface area (Å²) in [5.41, 5.74) is 5.22. The van der Waals surface area contributed by atoms with Crippen LogP contribution in [0.2, 0.25) is 0 Å². The lowest BCUT2D eigenvalue weighted by Crippen LogP contribution is -2.48. The first kappa shape index (κ1) is 11.3. The fourth-order valence-electron chi connectivity index (χ4n) is 1.93. The van der Waals surface area contributed by atoms with E-state index < -0.39 is 11.4 Å². The second-order valence-corrected chi connectivity index (χ2v) is 3.67. The number of primary amides is 1. The summed E-state index contributed by atoms with van der Waals surface area (Å²) in [6, 6.07) is 9.23. The Morgan fingerprint density at radius 2 is 2.12 bits per heavy atom. The number of carbonyl (C=O) groups excluding carboxylic acids is 1. The number of rotatable bonds is 4. The standard InChI is InChI=1S/C11H13N5O/c1-2-11(10(12)17,16-14-8-13-15-16)9-6-4-3-5-7-9/h3-8H,2H2,1H3,(H2,12,17). The highest BCUT2D eigenvalue weighted by Crippen LogP contribution is 2.27. The molecule has 0 aliphatic heterocycles. The Morgan fingerprint density at radius 3 is 2.59 bits per heavy atom. The number of benzene rings is 1. The van der Waals surface area contributed by atoms with Crippen LogP contribution in [-0.4, -0.2) is 26.1 Å². The summed E-state index contributed by atoms with van der Waals surface area (Å²) < 4.78 is 0. The third kappa shape index (κ3) is 1.67. The van der Waals surface area contributed by atoms with Gasteiger partial charge in [-0.2, -0.15) is 0 Å². The van der Waals surface area contributed by atoms with Gasteiger partial charge in [-0.15, -0.1) is 15.0 Å². The molecule has 1 aromatic carbocycles. The number of hydrogen-bond acceptors (Lipinski definition) is 4. The molecule has 0 spiro atoms. The molecule has 88 valence electrons. The van der Waals surface area contributed by atoms with Crippen LogP contribution in [0.15, 0.2) is 36.7 Å². The van der Waals surface area contributed by atoms with E-state index in [1.165, 1.54) is 11.1 Å². The molecule has 1 aromatic heterocycles. The SMILES string of the molecule is CCC(C(N)=O)(c1ccccc1)n1ncnn1. The van der Waals surface area contributed by atoms with Crippen LogP contribution in [0.5, 0.6) is 0 Å². The van der Waals surface area contributed by atoms with Crippen molar-refractivity contribution < 1.29 is 4.79 Å². The van der Waals surface area contributed by atoms with Crippen molar-refractivity contribution in [2.24, 2.45) is 5.73 Å². The molecule has 0 saturated carbocycles. The van der Waals surface area contributed by atoms with Gasteiger partial charge in [0, 0.05) is 0 Å². The molecule has 0 aliphatic carbocycles. The van der Waals surface area contributed by atoms with Crippen molar-refractivity contribution >= 4 is 5.91 Å². The quantitative estimate of drug-likeness (QED) is 0.820. The number of aromatic nitrogens is 4. The predicted octanol–water partition coefficient (Wildman–Crippen LogP) is 0.312. The highest BCUT2D eigenvalue weighted by atomic mass is 16.2. The zero-order valence-corrected chi connectivity index (χ0v) is 9.45. The molecule has 0 fully saturated rings. The normalized spacial score (nSPS) is 14.2. The highest BCUT2D eigenvalue weighted by molar-refractivity contribution is 5.86. The van der Waals surface area contributed by atoms with Crippen LogP contribution in [0, 0.1) is 0 Å². The van der Waals surface area contributed by atoms with Crippen LogP contribution in [0.3, 0.4) is 0 Å². The second-order valence-electron chi connectivity index (χ2n) is 3.67. The van der Waals surface area contributed by atoms with E-state index in [1.54, 1.807) is 0 Å². The molecule has 0 radical (unpaired) electrons. The highest BCUT2D eigenvalue weighted by Gasteiger charge is 2.41. The monoisotopic (exact) mass is 231 g/mol. The number of tetrazole rings is 1. The molecule has 0 bridgehead atoms. The molecule has 6 nitrogen and oxygen atoms in total. The fraction of sp³-hybridized carbons (Fsp3) is 0.273. The molecule has 2 aromatic rings. The number of nitrogens with zero attached hydrogens (tertiary/aromatic N) is 4. The van der Waals surface area contributed by atoms with Gasteiger partial charge in [-0.1, -0.05) is 37.3 Å². The average Bonchev–Trinajstić information content (AvgIpc) is 2.86. The number of amides is 1. The third-order valence-electron chi connectivity index (χ3n) is 2.86. The van der Waals surface area contributed by atoms with E-state index >= 15 is 0 Å². The number of carbonyl (C=O) groups is 1. The molecule has 17 heavy (non-hydrogen) atoms. The van der Waals surface area contributed by atoms with Crippen LogP contribution in [0.25, 0.3) is 0 Å². The minimum absolute atomic E-state index is 0.461. The van der Waals surface area contributed by atoms with Crippen molar-refractivity contribution in [2.45, 2.75) is 18.9 Å². The summed E-state index contributed by atoms with van der Waals surface area (Å²) in [7, 11) is 0. The maximum absolute atomic E-state index is 11.8. The van der Waals surface area contributed by atoms with Gasteiger partial charge in [-0.05, 0) is 17.2 Å². The molecule has 2 N–H and O–H groups in total. The van der Waals surface area contributed by atoms with Crippen LogP contribution in [-0.2, 0) is 10.3 Å². The average molecular weight is 231 g/mol. The Bertz CT molecular complexity index is 496. The van der Waals surface area contributed by atoms with E-state index in [1.807, 2.05) is 37.3 Å². The minimum Gasteiger partial charge on any atom is -0.367 e. The molecule has 1 unspecified atom stereocenters. The van der Waals surface area contributed by atoms with E-state index in [-0.39, 0.29) is 0 Å². The van der Waals surface area contributed by atoms with Gasteiger partial charge in [0.25, 0.3) is 5.91 Å². The predicted molar refractivity (Wildman–Crippen MR) is 60.8 cm³/mol. The molecule has 0 aliphatic rings. The molecule has 1 amide bonds. The van der Waals surface area contributed by atoms with Gasteiger partial charge in [-0.25, -0.2) is 0 Å². The van der Waals surface area contributed by atoms with Crippen LogP contribution in [0.1, 0.15) is 18.9 Å². The molecule has 2 rings (SSSR count). The zero-order valence-electron chi connectivity index (χ0n) is 9.45. The number of hydrogen-bond donors (Lipinski definition) is 1. The third-order valence-corrected chi connectivity index (χ3v) is 2.86. The van der Waals surface area contributed by atoms with E-state index in [9.17, 15) is 4.79 Å². The Hall–Kier alpha value is -2.24. The molecule has 1 heterocycles. The smallest absolute Gasteiger partial charge is 0.251 e. The summed E-state index contributed by atoms with van der Waals surface area (Å²) in [6.07, 6.45) is 1.75. The van der Waals surface area contributed by atoms with Crippen molar-refractivity contribution in [3.05, 3.63) is 42.2 Å². The molecule has 1 atom stereocenters. The maximum Gasteiger partial charge on any atom is 0.251 e. The van der Waals surface area contributed by atoms with Gasteiger partial charge < -0.3 is 5.73 Å². The van der Waals surface area contributed by atoms with Crippen LogP contribution >= 0.6 is 0 Å². The second kappa shape index (κ2) is 4.32. The van der Waals surface area contributed by atoms with Gasteiger partial charge in [0.15, 0.2) is 11.9 Å². The Kier molecular flexibility index (Phi) is 2.86. The van der Waals surface area contributed by atoms with Gasteiger partial charge in [0.1, 0.15) is 0 Å². The molecular formula is C11H13N5O. The summed E-state index contributed by atoms with van der Waals surface area (Å²) >= 11 is 0. The van der Waals surface area contributed by atoms with Crippen LogP contribution in [0.4, 0.5) is 0 Å². The van der Waals surface area contributed by atoms with Gasteiger partial charge in [-0.3, -0.25) is 4.79 Å². The summed E-state index contributed by atoms with van der Waals surface area (Å²) in [4.78, 5) is 13.1. The summed E-state index contributed by atoms with van der Waals surface area (Å²) in [5, 5.41) is 11.4. The molecule has 6 heteroatoms. The molecular weight excluding hydrogens is 218 g/mol. The fourth-order valence-corrected chi connectivity index (χ4v) is 1.93. The van der Waals surface area contributed by atoms with Gasteiger partial charge in [0.2, 0.25) is 0 Å². The first-order valence-corrected chi connectivity index (χ1v) is 5.30. The maximum atomic E-state index is 11.8. The van der Waals surface area contributed by atoms with E-state index in [0.717, 1.165) is 5.56 Å². The van der Waals surface area contributed by atoms with Crippen LogP contribution < -0.4 is 5.73 Å². The Balaban J connectivity index is 2.63. The minimum atomic E-state index is -1.07. The first-order valence-electron chi connectivity index (χ1n) is 5.30. The largest absolute Gasteiger partial charge is 0.367 e. The number of nitrogens with two attached hydrogens (primary N) is 1. The topological polar surface area (TPSA) is 86.7 Å². The lowest BCUT2D eigenvalue weighted by molar-refractivity contribution is -0.125. The Labute approximate surface area is 98.4 Å². The summed E-state index contributed by atoms with van der Waals surface area (Å²) in [6.45, 7) is 1.86. The van der Waals surface area contributed by atoms with Gasteiger partial charge >= 0.3 is 0 Å². The van der Waals surface area contributed by atoms with Gasteiger partial charge in [0.05, 0.1) is 0 Å². The Morgan fingerprint density at radius 1 is 1.41 bits per heavy atom. The zero-order chi connectivity index (χ0) is 12.3. The van der Waals surface area contributed by atoms with Crippen molar-refractivity contribution in [1.82, 2.24) is 20.2 Å². The summed E-state index contributed by atoms with van der Waals surface area (Å²) in [5.74, 6) is -0.496. The van der Waals surface area contributed by atoms with Crippen molar-refractivity contribution in [3.8, 4) is 0 Å².